The number of hydrogen-bond acceptors (Lipinski definition) is 4. The Labute approximate surface area is 164 Å². The molecule has 0 aliphatic heterocycles. The zero-order chi connectivity index (χ0) is 20.8. The molecule has 1 aromatic carbocycles. The Morgan fingerprint density at radius 3 is 2.57 bits per heavy atom. The van der Waals surface area contributed by atoms with Crippen molar-refractivity contribution in [2.45, 2.75) is 13.8 Å². The zero-order valence-electron chi connectivity index (χ0n) is 16.9. The number of carbonyl (C=O) groups excluding carboxylic acids is 2. The van der Waals surface area contributed by atoms with Gasteiger partial charge in [0.25, 0.3) is 17.4 Å². The molecule has 0 saturated carbocycles. The first-order valence-electron chi connectivity index (χ1n) is 9.00. The maximum absolute atomic E-state index is 12.7. The Kier molecular flexibility index (Phi) is 6.76. The van der Waals surface area contributed by atoms with Crippen LogP contribution in [0.1, 0.15) is 40.1 Å². The lowest BCUT2D eigenvalue weighted by atomic mass is 10.1. The number of hydrogen-bond donors (Lipinski definition) is 2. The molecule has 1 heterocycles. The average molecular weight is 382 g/mol. The summed E-state index contributed by atoms with van der Waals surface area (Å²) in [6, 6.07) is 8.12. The van der Waals surface area contributed by atoms with Gasteiger partial charge in [0.05, 0.1) is 0 Å². The van der Waals surface area contributed by atoms with Crippen molar-refractivity contribution >= 4 is 23.6 Å². The van der Waals surface area contributed by atoms with Crippen LogP contribution in [0.2, 0.25) is 0 Å². The molecule has 148 valence electrons. The summed E-state index contributed by atoms with van der Waals surface area (Å²) < 4.78 is 1.39. The molecular formula is C21H26N4O3. The molecule has 0 bridgehead atoms. The van der Waals surface area contributed by atoms with E-state index in [-0.39, 0.29) is 11.5 Å². The number of nitrogens with one attached hydrogen (secondary N) is 2. The van der Waals surface area contributed by atoms with Gasteiger partial charge in [-0.05, 0) is 49.8 Å². The Hall–Kier alpha value is -3.35. The summed E-state index contributed by atoms with van der Waals surface area (Å²) in [5.74, 6) is -0.777. The molecular weight excluding hydrogens is 356 g/mol. The molecule has 0 fully saturated rings. The van der Waals surface area contributed by atoms with E-state index in [2.05, 4.69) is 15.5 Å². The van der Waals surface area contributed by atoms with Crippen molar-refractivity contribution in [3.05, 3.63) is 69.3 Å². The number of amides is 2. The van der Waals surface area contributed by atoms with E-state index in [0.717, 1.165) is 17.8 Å². The standard InChI is InChI=1S/C21H26N4O3/c1-6-24(4)14(2)10-15-11-18(21(28)25(5)13-15)20(27)23-17-9-7-8-16(12-17)19(26)22-3/h7-13H,6H2,1-5H3,(H,22,26)(H,23,27)/b14-10-. The first-order chi connectivity index (χ1) is 13.3. The number of allylic oxidation sites excluding steroid dienone is 1. The van der Waals surface area contributed by atoms with Crippen LogP contribution in [0.5, 0.6) is 0 Å². The van der Waals surface area contributed by atoms with Crippen LogP contribution < -0.4 is 16.2 Å². The number of aromatic nitrogens is 1. The van der Waals surface area contributed by atoms with Gasteiger partial charge < -0.3 is 20.1 Å². The van der Waals surface area contributed by atoms with Crippen LogP contribution in [0, 0.1) is 0 Å². The van der Waals surface area contributed by atoms with Gasteiger partial charge in [-0.25, -0.2) is 0 Å². The summed E-state index contributed by atoms with van der Waals surface area (Å²) in [7, 11) is 5.12. The van der Waals surface area contributed by atoms with Crippen molar-refractivity contribution in [1.29, 1.82) is 0 Å². The third-order valence-electron chi connectivity index (χ3n) is 4.51. The molecule has 7 nitrogen and oxygen atoms in total. The number of rotatable bonds is 6. The molecule has 0 spiro atoms. The largest absolute Gasteiger partial charge is 0.378 e. The molecule has 0 radical (unpaired) electrons. The highest BCUT2D eigenvalue weighted by Gasteiger charge is 2.14. The Balaban J connectivity index is 2.35. The van der Waals surface area contributed by atoms with E-state index in [1.165, 1.54) is 11.6 Å². The van der Waals surface area contributed by atoms with Crippen molar-refractivity contribution in [3.63, 3.8) is 0 Å². The lowest BCUT2D eigenvalue weighted by molar-refractivity contribution is 0.0961. The Bertz CT molecular complexity index is 976. The molecule has 28 heavy (non-hydrogen) atoms. The number of benzene rings is 1. The zero-order valence-corrected chi connectivity index (χ0v) is 16.9. The van der Waals surface area contributed by atoms with Gasteiger partial charge in [0, 0.05) is 50.8 Å². The second kappa shape index (κ2) is 9.03. The first-order valence-corrected chi connectivity index (χ1v) is 9.00. The van der Waals surface area contributed by atoms with E-state index in [9.17, 15) is 14.4 Å². The molecule has 2 amide bonds. The molecule has 7 heteroatoms. The molecule has 2 rings (SSSR count). The molecule has 2 aromatic rings. The molecule has 0 saturated heterocycles. The van der Waals surface area contributed by atoms with Crippen LogP contribution in [-0.4, -0.2) is 41.9 Å². The highest BCUT2D eigenvalue weighted by Crippen LogP contribution is 2.13. The fourth-order valence-corrected chi connectivity index (χ4v) is 2.66. The Morgan fingerprint density at radius 1 is 1.21 bits per heavy atom. The maximum atomic E-state index is 12.7. The summed E-state index contributed by atoms with van der Waals surface area (Å²) in [5, 5.41) is 5.23. The highest BCUT2D eigenvalue weighted by atomic mass is 16.2. The average Bonchev–Trinajstić information content (AvgIpc) is 2.69. The summed E-state index contributed by atoms with van der Waals surface area (Å²) in [4.78, 5) is 39.0. The maximum Gasteiger partial charge on any atom is 0.263 e. The molecule has 2 N–H and O–H groups in total. The SMILES string of the molecule is CCN(C)/C(C)=C\c1cc(C(=O)Nc2cccc(C(=O)NC)c2)c(=O)n(C)c1. The van der Waals surface area contributed by atoms with Gasteiger partial charge in [-0.3, -0.25) is 14.4 Å². The lowest BCUT2D eigenvalue weighted by Crippen LogP contribution is -2.28. The monoisotopic (exact) mass is 382 g/mol. The summed E-state index contributed by atoms with van der Waals surface area (Å²) in [6.45, 7) is 4.87. The van der Waals surface area contributed by atoms with Crippen molar-refractivity contribution in [2.75, 3.05) is 26.0 Å². The van der Waals surface area contributed by atoms with Gasteiger partial charge >= 0.3 is 0 Å². The molecule has 0 aliphatic carbocycles. The molecule has 1 aromatic heterocycles. The fraction of sp³-hybridized carbons (Fsp3) is 0.286. The van der Waals surface area contributed by atoms with E-state index in [4.69, 9.17) is 0 Å². The quantitative estimate of drug-likeness (QED) is 0.803. The normalized spacial score (nSPS) is 11.1. The van der Waals surface area contributed by atoms with Crippen LogP contribution in [0.4, 0.5) is 5.69 Å². The third kappa shape index (κ3) is 4.88. The number of carbonyl (C=O) groups is 2. The minimum absolute atomic E-state index is 0.0357. The third-order valence-corrected chi connectivity index (χ3v) is 4.51. The summed E-state index contributed by atoms with van der Waals surface area (Å²) in [6.07, 6.45) is 3.62. The lowest BCUT2D eigenvalue weighted by Gasteiger charge is -2.17. The molecule has 0 aliphatic rings. The number of anilines is 1. The van der Waals surface area contributed by atoms with Crippen LogP contribution in [0.3, 0.4) is 0 Å². The van der Waals surface area contributed by atoms with Crippen LogP contribution in [0.15, 0.2) is 47.0 Å². The summed E-state index contributed by atoms with van der Waals surface area (Å²) in [5.41, 5.74) is 2.28. The second-order valence-electron chi connectivity index (χ2n) is 6.52. The van der Waals surface area contributed by atoms with Crippen LogP contribution >= 0.6 is 0 Å². The molecule has 0 unspecified atom stereocenters. The molecule has 0 atom stereocenters. The van der Waals surface area contributed by atoms with Crippen LogP contribution in [-0.2, 0) is 7.05 Å². The van der Waals surface area contributed by atoms with E-state index < -0.39 is 11.5 Å². The van der Waals surface area contributed by atoms with Crippen molar-refractivity contribution in [1.82, 2.24) is 14.8 Å². The van der Waals surface area contributed by atoms with Gasteiger partial charge in [-0.1, -0.05) is 6.07 Å². The van der Waals surface area contributed by atoms with Crippen molar-refractivity contribution in [3.8, 4) is 0 Å². The van der Waals surface area contributed by atoms with E-state index in [0.29, 0.717) is 11.3 Å². The minimum Gasteiger partial charge on any atom is -0.378 e. The van der Waals surface area contributed by atoms with Crippen molar-refractivity contribution in [2.24, 2.45) is 7.05 Å². The van der Waals surface area contributed by atoms with Gasteiger partial charge in [0.2, 0.25) is 0 Å². The van der Waals surface area contributed by atoms with Gasteiger partial charge in [0.1, 0.15) is 5.56 Å². The summed E-state index contributed by atoms with van der Waals surface area (Å²) >= 11 is 0. The number of aryl methyl sites for hydroxylation is 1. The first kappa shape index (κ1) is 21.0. The topological polar surface area (TPSA) is 83.4 Å². The highest BCUT2D eigenvalue weighted by molar-refractivity contribution is 6.05. The fourth-order valence-electron chi connectivity index (χ4n) is 2.66. The predicted octanol–water partition coefficient (Wildman–Crippen LogP) is 2.31. The van der Waals surface area contributed by atoms with E-state index >= 15 is 0 Å². The smallest absolute Gasteiger partial charge is 0.263 e. The number of pyridine rings is 1. The van der Waals surface area contributed by atoms with Crippen molar-refractivity contribution < 1.29 is 9.59 Å². The van der Waals surface area contributed by atoms with E-state index in [1.54, 1.807) is 43.6 Å². The van der Waals surface area contributed by atoms with Crippen LogP contribution in [0.25, 0.3) is 6.08 Å². The predicted molar refractivity (Wildman–Crippen MR) is 111 cm³/mol. The minimum atomic E-state index is -0.522. The van der Waals surface area contributed by atoms with E-state index in [1.807, 2.05) is 27.0 Å². The second-order valence-corrected chi connectivity index (χ2v) is 6.52. The number of nitrogens with zero attached hydrogens (tertiary/aromatic N) is 2. The van der Waals surface area contributed by atoms with Gasteiger partial charge in [-0.15, -0.1) is 0 Å². The van der Waals surface area contributed by atoms with Gasteiger partial charge in [-0.2, -0.15) is 0 Å². The Morgan fingerprint density at radius 2 is 1.93 bits per heavy atom. The van der Waals surface area contributed by atoms with Gasteiger partial charge in [0.15, 0.2) is 0 Å².